The molecule has 1 heterocycles. The Labute approximate surface area is 132 Å². The zero-order valence-corrected chi connectivity index (χ0v) is 13.8. The molecular formula is C18H22N4. The van der Waals surface area contributed by atoms with Gasteiger partial charge in [-0.05, 0) is 51.5 Å². The highest BCUT2D eigenvalue weighted by atomic mass is 15.1. The molecule has 2 rings (SSSR count). The fraction of sp³-hybridized carbons (Fsp3) is 0.278. The van der Waals surface area contributed by atoms with Crippen LogP contribution in [0.5, 0.6) is 0 Å². The highest BCUT2D eigenvalue weighted by molar-refractivity contribution is 5.78. The van der Waals surface area contributed by atoms with Crippen molar-refractivity contribution in [1.82, 2.24) is 9.88 Å². The topological polar surface area (TPSA) is 40.9 Å². The van der Waals surface area contributed by atoms with Crippen LogP contribution in [0.25, 0.3) is 0 Å². The lowest BCUT2D eigenvalue weighted by Crippen LogP contribution is -2.12. The third kappa shape index (κ3) is 4.25. The molecule has 0 aliphatic carbocycles. The predicted octanol–water partition coefficient (Wildman–Crippen LogP) is 4.27. The van der Waals surface area contributed by atoms with Crippen LogP contribution in [0.3, 0.4) is 0 Å². The van der Waals surface area contributed by atoms with Gasteiger partial charge >= 0.3 is 0 Å². The first-order chi connectivity index (χ1) is 10.5. The molecule has 0 N–H and O–H groups in total. The second-order valence-electron chi connectivity index (χ2n) is 5.50. The minimum Gasteiger partial charge on any atom is -0.326 e. The number of rotatable bonds is 4. The minimum atomic E-state index is 0.873. The smallest absolute Gasteiger partial charge is 0.0961 e. The highest BCUT2D eigenvalue weighted by Gasteiger charge is 1.98. The summed E-state index contributed by atoms with van der Waals surface area (Å²) in [5, 5.41) is 0. The molecule has 114 valence electrons. The summed E-state index contributed by atoms with van der Waals surface area (Å²) < 4.78 is 0. The molecule has 0 fully saturated rings. The number of nitrogens with zero attached hydrogens (tertiary/aromatic N) is 4. The van der Waals surface area contributed by atoms with E-state index in [2.05, 4.69) is 40.9 Å². The number of hydrogen-bond acceptors (Lipinski definition) is 3. The molecule has 22 heavy (non-hydrogen) atoms. The van der Waals surface area contributed by atoms with Crippen LogP contribution in [0.15, 0.2) is 40.3 Å². The SMILES string of the molecule is Cc1ccc(N=CN(C)C=Nc2ccc(C)nc2C)c(C)c1. The van der Waals surface area contributed by atoms with Crippen molar-refractivity contribution < 1.29 is 0 Å². The van der Waals surface area contributed by atoms with Crippen LogP contribution in [-0.2, 0) is 0 Å². The first-order valence-corrected chi connectivity index (χ1v) is 7.27. The standard InChI is InChI=1S/C18H22N4/c1-13-6-8-17(14(2)10-13)19-11-22(5)12-20-18-9-7-15(3)21-16(18)4/h6-12H,1-5H3. The Hall–Kier alpha value is -2.49. The van der Waals surface area contributed by atoms with Crippen molar-refractivity contribution in [3.8, 4) is 0 Å². The third-order valence-corrected chi connectivity index (χ3v) is 3.31. The van der Waals surface area contributed by atoms with E-state index < -0.39 is 0 Å². The Morgan fingerprint density at radius 1 is 0.909 bits per heavy atom. The predicted molar refractivity (Wildman–Crippen MR) is 93.7 cm³/mol. The number of pyridine rings is 1. The molecule has 0 amide bonds. The Balaban J connectivity index is 2.07. The van der Waals surface area contributed by atoms with Crippen molar-refractivity contribution in [2.45, 2.75) is 27.7 Å². The zero-order chi connectivity index (χ0) is 16.1. The normalized spacial score (nSPS) is 11.5. The van der Waals surface area contributed by atoms with E-state index >= 15 is 0 Å². The Bertz CT molecular complexity index is 656. The summed E-state index contributed by atoms with van der Waals surface area (Å²) in [6, 6.07) is 10.2. The van der Waals surface area contributed by atoms with Crippen molar-refractivity contribution >= 4 is 24.1 Å². The van der Waals surface area contributed by atoms with E-state index in [1.807, 2.05) is 44.0 Å². The molecule has 1 aromatic heterocycles. The number of aryl methyl sites for hydroxylation is 4. The number of aromatic nitrogens is 1. The summed E-state index contributed by atoms with van der Waals surface area (Å²) in [6.07, 6.45) is 3.50. The summed E-state index contributed by atoms with van der Waals surface area (Å²) in [5.74, 6) is 0. The maximum atomic E-state index is 4.49. The van der Waals surface area contributed by atoms with Crippen LogP contribution >= 0.6 is 0 Å². The number of benzene rings is 1. The first kappa shape index (κ1) is 15.9. The van der Waals surface area contributed by atoms with Gasteiger partial charge in [0.25, 0.3) is 0 Å². The second-order valence-corrected chi connectivity index (χ2v) is 5.50. The molecule has 0 bridgehead atoms. The molecule has 0 radical (unpaired) electrons. The molecule has 0 aliphatic heterocycles. The van der Waals surface area contributed by atoms with Gasteiger partial charge in [-0.2, -0.15) is 0 Å². The largest absolute Gasteiger partial charge is 0.326 e. The van der Waals surface area contributed by atoms with E-state index in [1.54, 1.807) is 12.7 Å². The van der Waals surface area contributed by atoms with Crippen molar-refractivity contribution in [2.75, 3.05) is 7.05 Å². The molecule has 0 spiro atoms. The summed E-state index contributed by atoms with van der Waals surface area (Å²) in [6.45, 7) is 8.08. The number of hydrogen-bond donors (Lipinski definition) is 0. The van der Waals surface area contributed by atoms with Gasteiger partial charge in [-0.3, -0.25) is 4.98 Å². The fourth-order valence-corrected chi connectivity index (χ4v) is 2.10. The summed E-state index contributed by atoms with van der Waals surface area (Å²) >= 11 is 0. The molecule has 2 aromatic rings. The first-order valence-electron chi connectivity index (χ1n) is 7.27. The summed E-state index contributed by atoms with van der Waals surface area (Å²) in [4.78, 5) is 15.2. The minimum absolute atomic E-state index is 0.873. The lowest BCUT2D eigenvalue weighted by Gasteiger charge is -2.07. The van der Waals surface area contributed by atoms with Crippen molar-refractivity contribution in [2.24, 2.45) is 9.98 Å². The summed E-state index contributed by atoms with van der Waals surface area (Å²) in [7, 11) is 1.91. The molecule has 0 aliphatic rings. The average molecular weight is 294 g/mol. The van der Waals surface area contributed by atoms with Crippen LogP contribution in [0.1, 0.15) is 22.5 Å². The zero-order valence-electron chi connectivity index (χ0n) is 13.8. The molecule has 0 saturated heterocycles. The molecular weight excluding hydrogens is 272 g/mol. The van der Waals surface area contributed by atoms with E-state index in [1.165, 1.54) is 11.1 Å². The molecule has 0 atom stereocenters. The molecule has 0 unspecified atom stereocenters. The quantitative estimate of drug-likeness (QED) is 0.624. The van der Waals surface area contributed by atoms with Crippen molar-refractivity contribution in [3.63, 3.8) is 0 Å². The van der Waals surface area contributed by atoms with E-state index in [-0.39, 0.29) is 0 Å². The lowest BCUT2D eigenvalue weighted by atomic mass is 10.1. The van der Waals surface area contributed by atoms with Gasteiger partial charge in [0.2, 0.25) is 0 Å². The van der Waals surface area contributed by atoms with E-state index in [0.29, 0.717) is 0 Å². The van der Waals surface area contributed by atoms with Crippen LogP contribution in [-0.4, -0.2) is 29.6 Å². The van der Waals surface area contributed by atoms with Gasteiger partial charge in [-0.1, -0.05) is 17.7 Å². The van der Waals surface area contributed by atoms with Gasteiger partial charge < -0.3 is 4.90 Å². The van der Waals surface area contributed by atoms with Gasteiger partial charge in [0, 0.05) is 12.7 Å². The molecule has 0 saturated carbocycles. The maximum Gasteiger partial charge on any atom is 0.0961 e. The van der Waals surface area contributed by atoms with Gasteiger partial charge in [0.15, 0.2) is 0 Å². The molecule has 4 nitrogen and oxygen atoms in total. The highest BCUT2D eigenvalue weighted by Crippen LogP contribution is 2.19. The lowest BCUT2D eigenvalue weighted by molar-refractivity contribution is 0.801. The maximum absolute atomic E-state index is 4.49. The Kier molecular flexibility index (Phi) is 5.04. The summed E-state index contributed by atoms with van der Waals surface area (Å²) in [5.41, 5.74) is 6.18. The monoisotopic (exact) mass is 294 g/mol. The molecule has 1 aromatic carbocycles. The fourth-order valence-electron chi connectivity index (χ4n) is 2.10. The van der Waals surface area contributed by atoms with Gasteiger partial charge in [0.1, 0.15) is 0 Å². The third-order valence-electron chi connectivity index (χ3n) is 3.31. The van der Waals surface area contributed by atoms with Crippen molar-refractivity contribution in [1.29, 1.82) is 0 Å². The van der Waals surface area contributed by atoms with Crippen LogP contribution in [0.4, 0.5) is 11.4 Å². The Morgan fingerprint density at radius 3 is 2.18 bits per heavy atom. The van der Waals surface area contributed by atoms with E-state index in [0.717, 1.165) is 22.8 Å². The Morgan fingerprint density at radius 2 is 1.55 bits per heavy atom. The van der Waals surface area contributed by atoms with E-state index in [4.69, 9.17) is 0 Å². The second kappa shape index (κ2) is 6.98. The van der Waals surface area contributed by atoms with E-state index in [9.17, 15) is 0 Å². The van der Waals surface area contributed by atoms with Crippen molar-refractivity contribution in [3.05, 3.63) is 52.8 Å². The number of aliphatic imine (C=N–C) groups is 2. The van der Waals surface area contributed by atoms with Gasteiger partial charge in [-0.25, -0.2) is 9.98 Å². The van der Waals surface area contributed by atoms with Gasteiger partial charge in [-0.15, -0.1) is 0 Å². The van der Waals surface area contributed by atoms with Gasteiger partial charge in [0.05, 0.1) is 29.7 Å². The average Bonchev–Trinajstić information content (AvgIpc) is 2.45. The van der Waals surface area contributed by atoms with Crippen LogP contribution in [0.2, 0.25) is 0 Å². The molecule has 4 heteroatoms. The van der Waals surface area contributed by atoms with Crippen LogP contribution < -0.4 is 0 Å². The van der Waals surface area contributed by atoms with Crippen LogP contribution in [0, 0.1) is 27.7 Å².